The second-order valence-corrected chi connectivity index (χ2v) is 8.48. The lowest BCUT2D eigenvalue weighted by Gasteiger charge is -2.24. The second kappa shape index (κ2) is 10.0. The van der Waals surface area contributed by atoms with Gasteiger partial charge < -0.3 is 29.5 Å². The molecule has 2 aliphatic heterocycles. The Morgan fingerprint density at radius 1 is 1.25 bits per heavy atom. The molecule has 32 heavy (non-hydrogen) atoms. The maximum absolute atomic E-state index is 12.7. The maximum atomic E-state index is 12.7. The minimum atomic E-state index is -0.348. The summed E-state index contributed by atoms with van der Waals surface area (Å²) in [5, 5.41) is 10.3. The van der Waals surface area contributed by atoms with Crippen molar-refractivity contribution in [2.75, 3.05) is 20.4 Å². The van der Waals surface area contributed by atoms with Crippen molar-refractivity contribution in [2.24, 2.45) is 5.92 Å². The number of aromatic nitrogens is 1. The highest BCUT2D eigenvalue weighted by molar-refractivity contribution is 5.85. The smallest absolute Gasteiger partial charge is 0.231 e. The van der Waals surface area contributed by atoms with Crippen molar-refractivity contribution in [1.82, 2.24) is 20.7 Å². The number of benzene rings is 1. The van der Waals surface area contributed by atoms with Gasteiger partial charge in [-0.3, -0.25) is 9.59 Å². The van der Waals surface area contributed by atoms with Gasteiger partial charge in [0.25, 0.3) is 0 Å². The molecule has 0 spiro atoms. The standard InChI is InChI=1S/C23H30N4O5/c1-15-9-19(26-32-15)12-25-23(29)16-5-3-7-18(13-27(2)21(28)10-16)24-11-17-6-4-8-20-22(17)31-14-30-20/h4,6,8-9,16,18,24H,3,5,7,10-14H2,1-2H3,(H,25,29)/t16-,18-/m1/s1. The fraction of sp³-hybridized carbons (Fsp3) is 0.522. The molecule has 0 unspecified atom stereocenters. The minimum Gasteiger partial charge on any atom is -0.454 e. The fourth-order valence-corrected chi connectivity index (χ4v) is 4.20. The summed E-state index contributed by atoms with van der Waals surface area (Å²) in [6, 6.07) is 7.78. The van der Waals surface area contributed by atoms with E-state index >= 15 is 0 Å². The molecule has 9 nitrogen and oxygen atoms in total. The quantitative estimate of drug-likeness (QED) is 0.706. The predicted octanol–water partition coefficient (Wildman–Crippen LogP) is 2.13. The molecule has 3 heterocycles. The van der Waals surface area contributed by atoms with Crippen molar-refractivity contribution in [3.63, 3.8) is 0 Å². The number of ether oxygens (including phenoxy) is 2. The zero-order valence-corrected chi connectivity index (χ0v) is 18.6. The van der Waals surface area contributed by atoms with Crippen LogP contribution in [0, 0.1) is 12.8 Å². The molecule has 4 rings (SSSR count). The first-order valence-electron chi connectivity index (χ1n) is 11.0. The molecule has 0 aliphatic carbocycles. The summed E-state index contributed by atoms with van der Waals surface area (Å²) in [7, 11) is 1.80. The molecule has 9 heteroatoms. The van der Waals surface area contributed by atoms with Gasteiger partial charge in [0.05, 0.1) is 6.54 Å². The second-order valence-electron chi connectivity index (χ2n) is 8.48. The Kier molecular flexibility index (Phi) is 6.94. The number of nitrogens with zero attached hydrogens (tertiary/aromatic N) is 2. The van der Waals surface area contributed by atoms with Gasteiger partial charge in [-0.1, -0.05) is 23.7 Å². The summed E-state index contributed by atoms with van der Waals surface area (Å²) in [5.74, 6) is 1.77. The summed E-state index contributed by atoms with van der Waals surface area (Å²) in [5.41, 5.74) is 1.71. The summed E-state index contributed by atoms with van der Waals surface area (Å²) >= 11 is 0. The SMILES string of the molecule is Cc1cc(CNC(=O)[C@@H]2CCC[C@@H](NCc3cccc4c3OCO4)CN(C)C(=O)C2)no1. The van der Waals surface area contributed by atoms with E-state index < -0.39 is 0 Å². The van der Waals surface area contributed by atoms with Gasteiger partial charge in [-0.05, 0) is 25.8 Å². The van der Waals surface area contributed by atoms with Gasteiger partial charge in [0, 0.05) is 50.1 Å². The Bertz CT molecular complexity index is 960. The van der Waals surface area contributed by atoms with Gasteiger partial charge in [0.15, 0.2) is 11.5 Å². The highest BCUT2D eigenvalue weighted by atomic mass is 16.7. The van der Waals surface area contributed by atoms with E-state index in [0.717, 1.165) is 29.9 Å². The lowest BCUT2D eigenvalue weighted by molar-refractivity contribution is -0.135. The van der Waals surface area contributed by atoms with Gasteiger partial charge in [0.2, 0.25) is 18.6 Å². The van der Waals surface area contributed by atoms with Gasteiger partial charge in [-0.25, -0.2) is 0 Å². The third-order valence-electron chi connectivity index (χ3n) is 6.00. The van der Waals surface area contributed by atoms with Crippen LogP contribution in [0.3, 0.4) is 0 Å². The number of aryl methyl sites for hydroxylation is 1. The Morgan fingerprint density at radius 2 is 2.12 bits per heavy atom. The molecule has 2 aliphatic rings. The van der Waals surface area contributed by atoms with Crippen molar-refractivity contribution in [3.8, 4) is 11.5 Å². The maximum Gasteiger partial charge on any atom is 0.231 e. The van der Waals surface area contributed by atoms with Crippen LogP contribution in [0.25, 0.3) is 0 Å². The average molecular weight is 443 g/mol. The van der Waals surface area contributed by atoms with E-state index in [-0.39, 0.29) is 37.0 Å². The number of nitrogens with one attached hydrogen (secondary N) is 2. The van der Waals surface area contributed by atoms with E-state index in [2.05, 4.69) is 15.8 Å². The van der Waals surface area contributed by atoms with Gasteiger partial charge in [0.1, 0.15) is 11.5 Å². The van der Waals surface area contributed by atoms with Crippen LogP contribution >= 0.6 is 0 Å². The summed E-state index contributed by atoms with van der Waals surface area (Å²) in [6.07, 6.45) is 2.60. The topological polar surface area (TPSA) is 106 Å². The van der Waals surface area contributed by atoms with Crippen molar-refractivity contribution >= 4 is 11.8 Å². The number of para-hydroxylation sites is 1. The molecular formula is C23H30N4O5. The number of rotatable bonds is 6. The molecule has 0 bridgehead atoms. The lowest BCUT2D eigenvalue weighted by Crippen LogP contribution is -2.41. The number of fused-ring (bicyclic) bond motifs is 1. The molecular weight excluding hydrogens is 412 g/mol. The van der Waals surface area contributed by atoms with Crippen molar-refractivity contribution in [2.45, 2.75) is 51.7 Å². The van der Waals surface area contributed by atoms with Crippen LogP contribution in [-0.4, -0.2) is 48.3 Å². The van der Waals surface area contributed by atoms with E-state index in [1.54, 1.807) is 18.0 Å². The van der Waals surface area contributed by atoms with Crippen LogP contribution in [0.5, 0.6) is 11.5 Å². The third kappa shape index (κ3) is 5.40. The van der Waals surface area contributed by atoms with Crippen LogP contribution in [0.1, 0.15) is 42.7 Å². The number of likely N-dealkylation sites (N-methyl/N-ethyl adjacent to an activating group) is 1. The highest BCUT2D eigenvalue weighted by Crippen LogP contribution is 2.35. The van der Waals surface area contributed by atoms with E-state index in [1.165, 1.54) is 0 Å². The molecule has 172 valence electrons. The molecule has 0 radical (unpaired) electrons. The largest absolute Gasteiger partial charge is 0.454 e. The summed E-state index contributed by atoms with van der Waals surface area (Å²) in [4.78, 5) is 27.2. The van der Waals surface area contributed by atoms with Crippen molar-refractivity contribution < 1.29 is 23.6 Å². The van der Waals surface area contributed by atoms with Crippen LogP contribution in [-0.2, 0) is 22.7 Å². The Morgan fingerprint density at radius 3 is 2.94 bits per heavy atom. The first-order chi connectivity index (χ1) is 15.5. The molecule has 2 atom stereocenters. The molecule has 1 saturated heterocycles. The Labute approximate surface area is 187 Å². The Hall–Kier alpha value is -3.07. The first kappa shape index (κ1) is 22.1. The van der Waals surface area contributed by atoms with Gasteiger partial charge in [-0.2, -0.15) is 0 Å². The monoisotopic (exact) mass is 442 g/mol. The number of carbonyl (C=O) groups is 2. The van der Waals surface area contributed by atoms with E-state index in [0.29, 0.717) is 37.5 Å². The molecule has 1 fully saturated rings. The van der Waals surface area contributed by atoms with Gasteiger partial charge in [-0.15, -0.1) is 0 Å². The van der Waals surface area contributed by atoms with Crippen LogP contribution < -0.4 is 20.1 Å². The van der Waals surface area contributed by atoms with Crippen LogP contribution in [0.4, 0.5) is 0 Å². The van der Waals surface area contributed by atoms with Gasteiger partial charge >= 0.3 is 0 Å². The molecule has 2 amide bonds. The van der Waals surface area contributed by atoms with Crippen LogP contribution in [0.15, 0.2) is 28.8 Å². The predicted molar refractivity (Wildman–Crippen MR) is 116 cm³/mol. The average Bonchev–Trinajstić information content (AvgIpc) is 3.43. The lowest BCUT2D eigenvalue weighted by atomic mass is 9.96. The van der Waals surface area contributed by atoms with Crippen molar-refractivity contribution in [3.05, 3.63) is 41.3 Å². The highest BCUT2D eigenvalue weighted by Gasteiger charge is 2.27. The Balaban J connectivity index is 1.32. The third-order valence-corrected chi connectivity index (χ3v) is 6.00. The zero-order valence-electron chi connectivity index (χ0n) is 18.6. The normalized spacial score (nSPS) is 21.1. The molecule has 0 saturated carbocycles. The number of hydrogen-bond donors (Lipinski definition) is 2. The molecule has 1 aromatic carbocycles. The molecule has 2 aromatic rings. The number of carbonyl (C=O) groups excluding carboxylic acids is 2. The van der Waals surface area contributed by atoms with Crippen LogP contribution in [0.2, 0.25) is 0 Å². The summed E-state index contributed by atoms with van der Waals surface area (Å²) < 4.78 is 16.1. The number of amides is 2. The number of hydrogen-bond acceptors (Lipinski definition) is 7. The molecule has 2 N–H and O–H groups in total. The van der Waals surface area contributed by atoms with E-state index in [9.17, 15) is 9.59 Å². The van der Waals surface area contributed by atoms with E-state index in [4.69, 9.17) is 14.0 Å². The van der Waals surface area contributed by atoms with E-state index in [1.807, 2.05) is 25.1 Å². The first-order valence-corrected chi connectivity index (χ1v) is 11.0. The van der Waals surface area contributed by atoms with Crippen molar-refractivity contribution in [1.29, 1.82) is 0 Å². The summed E-state index contributed by atoms with van der Waals surface area (Å²) in [6.45, 7) is 3.57. The minimum absolute atomic E-state index is 0.0199. The zero-order chi connectivity index (χ0) is 22.5. The fourth-order valence-electron chi connectivity index (χ4n) is 4.20. The molecule has 1 aromatic heterocycles.